The van der Waals surface area contributed by atoms with Crippen molar-refractivity contribution < 1.29 is 32.0 Å². The molecule has 1 unspecified atom stereocenters. The lowest BCUT2D eigenvalue weighted by molar-refractivity contribution is -0.169. The van der Waals surface area contributed by atoms with Crippen molar-refractivity contribution in [3.63, 3.8) is 0 Å². The zero-order valence-electron chi connectivity index (χ0n) is 22.5. The van der Waals surface area contributed by atoms with Crippen molar-refractivity contribution in [2.24, 2.45) is 0 Å². The molecule has 0 radical (unpaired) electrons. The topological polar surface area (TPSA) is 106 Å². The number of likely N-dealkylation sites (tertiary alicyclic amines) is 2. The first-order chi connectivity index (χ1) is 19.5. The number of rotatable bonds is 7. The van der Waals surface area contributed by atoms with Gasteiger partial charge in [-0.2, -0.15) is 13.2 Å². The number of hydrogen-bond donors (Lipinski definition) is 1. The number of nitrogens with zero attached hydrogens (tertiary/aromatic N) is 5. The number of carbonyl (C=O) groups is 2. The van der Waals surface area contributed by atoms with E-state index in [0.29, 0.717) is 21.8 Å². The van der Waals surface area contributed by atoms with Crippen LogP contribution in [0.25, 0.3) is 10.6 Å². The third-order valence-corrected chi connectivity index (χ3v) is 8.58. The number of amides is 2. The number of alkyl halides is 3. The molecule has 1 atom stereocenters. The predicted molar refractivity (Wildman–Crippen MR) is 145 cm³/mol. The van der Waals surface area contributed by atoms with E-state index in [2.05, 4.69) is 34.3 Å². The van der Waals surface area contributed by atoms with E-state index in [1.54, 1.807) is 18.2 Å². The molecule has 5 rings (SSSR count). The van der Waals surface area contributed by atoms with Gasteiger partial charge in [-0.3, -0.25) is 4.79 Å². The van der Waals surface area contributed by atoms with Gasteiger partial charge in [0.25, 0.3) is 5.91 Å². The molecule has 0 saturated carbocycles. The molecule has 5 heterocycles. The second-order valence-electron chi connectivity index (χ2n) is 10.4. The van der Waals surface area contributed by atoms with Gasteiger partial charge in [0, 0.05) is 43.9 Å². The van der Waals surface area contributed by atoms with Gasteiger partial charge in [-0.15, -0.1) is 16.4 Å². The molecule has 0 spiro atoms. The van der Waals surface area contributed by atoms with Gasteiger partial charge in [-0.25, -0.2) is 9.48 Å². The van der Waals surface area contributed by atoms with Crippen LogP contribution in [0.4, 0.5) is 18.0 Å². The zero-order valence-corrected chi connectivity index (χ0v) is 24.1. The van der Waals surface area contributed by atoms with E-state index in [1.165, 1.54) is 22.1 Å². The van der Waals surface area contributed by atoms with Crippen LogP contribution in [0.3, 0.4) is 0 Å². The van der Waals surface area contributed by atoms with Gasteiger partial charge in [-0.1, -0.05) is 16.8 Å². The molecule has 0 aromatic carbocycles. The van der Waals surface area contributed by atoms with Crippen molar-refractivity contribution in [3.05, 3.63) is 40.0 Å². The highest BCUT2D eigenvalue weighted by Crippen LogP contribution is 2.34. The zero-order chi connectivity index (χ0) is 29.3. The summed E-state index contributed by atoms with van der Waals surface area (Å²) in [5.41, 5.74) is 0.210. The summed E-state index contributed by atoms with van der Waals surface area (Å²) in [5, 5.41) is 11.1. The van der Waals surface area contributed by atoms with Gasteiger partial charge in [0.05, 0.1) is 15.8 Å². The Morgan fingerprint density at radius 3 is 2.61 bits per heavy atom. The smallest absolute Gasteiger partial charge is 0.390 e. The van der Waals surface area contributed by atoms with Crippen LogP contribution in [0.15, 0.2) is 28.8 Å². The Morgan fingerprint density at radius 2 is 1.95 bits per heavy atom. The summed E-state index contributed by atoms with van der Waals surface area (Å²) in [5.74, 6) is -0.627. The number of ether oxygens (including phenoxy) is 1. The fourth-order valence-corrected chi connectivity index (χ4v) is 6.18. The number of hydrogen-bond acceptors (Lipinski definition) is 8. The summed E-state index contributed by atoms with van der Waals surface area (Å²) in [6.07, 6.45) is -3.76. The Morgan fingerprint density at radius 1 is 1.20 bits per heavy atom. The number of thiophene rings is 1. The van der Waals surface area contributed by atoms with Crippen molar-refractivity contribution in [2.45, 2.75) is 70.4 Å². The first kappa shape index (κ1) is 29.4. The third-order valence-electron chi connectivity index (χ3n) is 7.33. The SMILES string of the molecule is CC(C)N1CCC(NC(=O)Oc2cc(C(=O)N3CCCC3C(F)(F)F)n(Cc3cc(-c4ccc(Cl)s4)on3)n2)CC1. The Bertz CT molecular complexity index is 1380. The molecular weight excluding hydrogens is 585 g/mol. The molecule has 222 valence electrons. The molecule has 0 bridgehead atoms. The second-order valence-corrected chi connectivity index (χ2v) is 12.2. The lowest BCUT2D eigenvalue weighted by Gasteiger charge is -2.34. The molecule has 15 heteroatoms. The lowest BCUT2D eigenvalue weighted by atomic mass is 10.0. The molecule has 2 amide bonds. The Kier molecular flexibility index (Phi) is 8.62. The lowest BCUT2D eigenvalue weighted by Crippen LogP contribution is -2.47. The van der Waals surface area contributed by atoms with Gasteiger partial charge in [-0.05, 0) is 51.7 Å². The maximum absolute atomic E-state index is 13.6. The average Bonchev–Trinajstić information content (AvgIpc) is 3.71. The Balaban J connectivity index is 1.34. The fraction of sp³-hybridized carbons (Fsp3) is 0.538. The first-order valence-electron chi connectivity index (χ1n) is 13.4. The van der Waals surface area contributed by atoms with Gasteiger partial charge in [0.1, 0.15) is 17.4 Å². The van der Waals surface area contributed by atoms with Crippen molar-refractivity contribution >= 4 is 34.9 Å². The molecule has 2 saturated heterocycles. The maximum Gasteiger partial charge on any atom is 0.414 e. The molecule has 2 aliphatic rings. The number of carbonyl (C=O) groups excluding carboxylic acids is 2. The minimum Gasteiger partial charge on any atom is -0.390 e. The highest BCUT2D eigenvalue weighted by atomic mass is 35.5. The normalized spacial score (nSPS) is 18.8. The van der Waals surface area contributed by atoms with Crippen molar-refractivity contribution in [1.82, 2.24) is 30.1 Å². The van der Waals surface area contributed by atoms with Crippen LogP contribution >= 0.6 is 22.9 Å². The van der Waals surface area contributed by atoms with E-state index in [0.717, 1.165) is 35.7 Å². The standard InChI is InChI=1S/C26H30ClF3N6O4S/c1-15(2)34-10-7-16(8-11-34)31-25(38)39-23-13-18(24(37)35-9-3-4-21(35)26(28,29)30)36(32-23)14-17-12-19(40-33-17)20-5-6-22(27)41-20/h5-6,12-13,15-16,21H,3-4,7-11,14H2,1-2H3,(H,31,38). The van der Waals surface area contributed by atoms with Crippen molar-refractivity contribution in [2.75, 3.05) is 19.6 Å². The van der Waals surface area contributed by atoms with E-state index in [4.69, 9.17) is 20.9 Å². The first-order valence-corrected chi connectivity index (χ1v) is 14.6. The molecule has 3 aromatic heterocycles. The van der Waals surface area contributed by atoms with Crippen LogP contribution in [0.2, 0.25) is 4.34 Å². The average molecular weight is 615 g/mol. The van der Waals surface area contributed by atoms with Crippen LogP contribution in [0.5, 0.6) is 5.88 Å². The van der Waals surface area contributed by atoms with Gasteiger partial charge < -0.3 is 24.4 Å². The summed E-state index contributed by atoms with van der Waals surface area (Å²) in [7, 11) is 0. The van der Waals surface area contributed by atoms with Crippen LogP contribution in [0.1, 0.15) is 55.7 Å². The highest BCUT2D eigenvalue weighted by Gasteiger charge is 2.48. The van der Waals surface area contributed by atoms with E-state index >= 15 is 0 Å². The molecule has 0 aliphatic carbocycles. The number of aromatic nitrogens is 3. The summed E-state index contributed by atoms with van der Waals surface area (Å²) in [4.78, 5) is 29.9. The minimum atomic E-state index is -4.57. The van der Waals surface area contributed by atoms with E-state index < -0.39 is 24.2 Å². The van der Waals surface area contributed by atoms with E-state index in [9.17, 15) is 22.8 Å². The van der Waals surface area contributed by atoms with Crippen LogP contribution < -0.4 is 10.1 Å². The molecule has 41 heavy (non-hydrogen) atoms. The van der Waals surface area contributed by atoms with Gasteiger partial charge >= 0.3 is 12.3 Å². The summed E-state index contributed by atoms with van der Waals surface area (Å²) in [6.45, 7) is 5.76. The largest absolute Gasteiger partial charge is 0.414 e. The monoisotopic (exact) mass is 614 g/mol. The van der Waals surface area contributed by atoms with Crippen molar-refractivity contribution in [1.29, 1.82) is 0 Å². The minimum absolute atomic E-state index is 0.0484. The molecule has 2 fully saturated rings. The van der Waals surface area contributed by atoms with E-state index in [-0.39, 0.29) is 43.5 Å². The predicted octanol–water partition coefficient (Wildman–Crippen LogP) is 5.43. The fourth-order valence-electron chi connectivity index (χ4n) is 5.19. The summed E-state index contributed by atoms with van der Waals surface area (Å²) >= 11 is 7.29. The van der Waals surface area contributed by atoms with Gasteiger partial charge in [0.2, 0.25) is 5.88 Å². The number of halogens is 4. The quantitative estimate of drug-likeness (QED) is 0.378. The van der Waals surface area contributed by atoms with E-state index in [1.807, 2.05) is 0 Å². The van der Waals surface area contributed by atoms with Crippen LogP contribution in [-0.2, 0) is 6.54 Å². The number of nitrogens with one attached hydrogen (secondary N) is 1. The molecule has 2 aliphatic heterocycles. The van der Waals surface area contributed by atoms with Crippen molar-refractivity contribution in [3.8, 4) is 16.5 Å². The van der Waals surface area contributed by atoms with Gasteiger partial charge in [0.15, 0.2) is 5.76 Å². The molecule has 3 aromatic rings. The molecular formula is C26H30ClF3N6O4S. The third kappa shape index (κ3) is 6.87. The maximum atomic E-state index is 13.6. The molecule has 10 nitrogen and oxygen atoms in total. The number of piperidine rings is 1. The Labute approximate surface area is 243 Å². The van der Waals surface area contributed by atoms with Crippen LogP contribution in [0, 0.1) is 0 Å². The highest BCUT2D eigenvalue weighted by molar-refractivity contribution is 7.19. The van der Waals surface area contributed by atoms with Crippen LogP contribution in [-0.4, -0.2) is 80.7 Å². The Hall–Kier alpha value is -3.10. The summed E-state index contributed by atoms with van der Waals surface area (Å²) in [6, 6.07) is 4.73. The second kappa shape index (κ2) is 12.0. The summed E-state index contributed by atoms with van der Waals surface area (Å²) < 4.78 is 53.4. The molecule has 1 N–H and O–H groups in total.